The number of benzene rings is 3. The van der Waals surface area contributed by atoms with E-state index in [1.807, 2.05) is 49.3 Å². The van der Waals surface area contributed by atoms with Crippen LogP contribution in [0, 0.1) is 12.3 Å². The standard InChI is InChI=1S/C29H24BrN5O3/c1-4-16-35-25-15-12-21(30)18-23(25)26(29(35)38)32-33-28(37)24(31-27(36)20-8-6-5-7-9-20)17-19-10-13-22(14-11-19)34(2)3/h1,5-15,17-18,38H,16H2,2-3H3,(H,31,36)/b24-17-,33-32?. The summed E-state index contributed by atoms with van der Waals surface area (Å²) < 4.78 is 2.25. The van der Waals surface area contributed by atoms with Gasteiger partial charge in [-0.15, -0.1) is 16.7 Å². The third-order valence-electron chi connectivity index (χ3n) is 5.70. The summed E-state index contributed by atoms with van der Waals surface area (Å²) in [5.74, 6) is 1.02. The van der Waals surface area contributed by atoms with E-state index in [0.717, 1.165) is 10.2 Å². The lowest BCUT2D eigenvalue weighted by molar-refractivity contribution is -0.115. The van der Waals surface area contributed by atoms with Crippen molar-refractivity contribution in [1.29, 1.82) is 0 Å². The molecule has 0 aliphatic heterocycles. The highest BCUT2D eigenvalue weighted by Gasteiger charge is 2.19. The van der Waals surface area contributed by atoms with Gasteiger partial charge in [-0.1, -0.05) is 52.2 Å². The van der Waals surface area contributed by atoms with Crippen LogP contribution in [0.2, 0.25) is 0 Å². The van der Waals surface area contributed by atoms with Crippen LogP contribution >= 0.6 is 15.9 Å². The number of anilines is 1. The molecule has 0 bridgehead atoms. The van der Waals surface area contributed by atoms with Gasteiger partial charge in [-0.2, -0.15) is 0 Å². The number of nitrogens with zero attached hydrogens (tertiary/aromatic N) is 4. The van der Waals surface area contributed by atoms with Gasteiger partial charge in [0.15, 0.2) is 5.69 Å². The van der Waals surface area contributed by atoms with Gasteiger partial charge < -0.3 is 15.3 Å². The minimum atomic E-state index is -0.793. The highest BCUT2D eigenvalue weighted by molar-refractivity contribution is 9.10. The molecule has 0 aliphatic rings. The average Bonchev–Trinajstić information content (AvgIpc) is 3.17. The Hall–Kier alpha value is -4.68. The first-order chi connectivity index (χ1) is 18.3. The van der Waals surface area contributed by atoms with E-state index in [4.69, 9.17) is 6.42 Å². The number of carbonyl (C=O) groups is 2. The maximum absolute atomic E-state index is 13.2. The lowest BCUT2D eigenvalue weighted by Gasteiger charge is -2.12. The third kappa shape index (κ3) is 5.82. The summed E-state index contributed by atoms with van der Waals surface area (Å²) in [5, 5.41) is 21.9. The third-order valence-corrected chi connectivity index (χ3v) is 6.19. The van der Waals surface area contributed by atoms with Crippen LogP contribution in [0.25, 0.3) is 17.0 Å². The number of halogens is 1. The summed E-state index contributed by atoms with van der Waals surface area (Å²) in [4.78, 5) is 28.0. The van der Waals surface area contributed by atoms with Crippen LogP contribution in [-0.4, -0.2) is 35.6 Å². The molecule has 9 heteroatoms. The molecule has 38 heavy (non-hydrogen) atoms. The molecule has 0 saturated carbocycles. The van der Waals surface area contributed by atoms with Gasteiger partial charge in [0.1, 0.15) is 5.70 Å². The second kappa shape index (κ2) is 11.6. The van der Waals surface area contributed by atoms with Gasteiger partial charge >= 0.3 is 5.91 Å². The highest BCUT2D eigenvalue weighted by atomic mass is 79.9. The molecule has 4 rings (SSSR count). The first-order valence-electron chi connectivity index (χ1n) is 11.5. The number of hydrogen-bond donors (Lipinski definition) is 2. The molecule has 1 heterocycles. The van der Waals surface area contributed by atoms with E-state index in [1.54, 1.807) is 42.5 Å². The van der Waals surface area contributed by atoms with Gasteiger partial charge in [-0.05, 0) is 54.1 Å². The normalized spacial score (nSPS) is 11.5. The van der Waals surface area contributed by atoms with Crippen molar-refractivity contribution < 1.29 is 14.7 Å². The van der Waals surface area contributed by atoms with Crippen LogP contribution in [0.1, 0.15) is 15.9 Å². The summed E-state index contributed by atoms with van der Waals surface area (Å²) in [5.41, 5.74) is 2.69. The van der Waals surface area contributed by atoms with Crippen molar-refractivity contribution in [3.05, 3.63) is 94.1 Å². The van der Waals surface area contributed by atoms with Gasteiger partial charge in [-0.3, -0.25) is 14.2 Å². The molecule has 8 nitrogen and oxygen atoms in total. The zero-order valence-electron chi connectivity index (χ0n) is 20.7. The molecular weight excluding hydrogens is 546 g/mol. The fourth-order valence-electron chi connectivity index (χ4n) is 3.77. The van der Waals surface area contributed by atoms with Crippen LogP contribution in [0.15, 0.2) is 93.2 Å². The number of amides is 2. The number of aromatic nitrogens is 1. The second-order valence-electron chi connectivity index (χ2n) is 8.49. The minimum absolute atomic E-state index is 0.0757. The molecule has 3 aromatic carbocycles. The maximum atomic E-state index is 13.2. The van der Waals surface area contributed by atoms with Crippen molar-refractivity contribution >= 4 is 56.1 Å². The minimum Gasteiger partial charge on any atom is -0.493 e. The van der Waals surface area contributed by atoms with Gasteiger partial charge in [0.2, 0.25) is 5.88 Å². The van der Waals surface area contributed by atoms with Crippen molar-refractivity contribution in [2.24, 2.45) is 10.2 Å². The first-order valence-corrected chi connectivity index (χ1v) is 12.3. The van der Waals surface area contributed by atoms with E-state index in [0.29, 0.717) is 22.0 Å². The van der Waals surface area contributed by atoms with Gasteiger partial charge in [0.05, 0.1) is 12.1 Å². The summed E-state index contributed by atoms with van der Waals surface area (Å²) in [6, 6.07) is 21.3. The molecule has 0 fully saturated rings. The Kier molecular flexibility index (Phi) is 8.04. The molecule has 0 aliphatic carbocycles. The van der Waals surface area contributed by atoms with Crippen LogP contribution in [0.3, 0.4) is 0 Å². The molecule has 0 saturated heterocycles. The molecule has 0 unspecified atom stereocenters. The monoisotopic (exact) mass is 569 g/mol. The Labute approximate surface area is 228 Å². The van der Waals surface area contributed by atoms with Gasteiger partial charge in [-0.25, -0.2) is 0 Å². The van der Waals surface area contributed by atoms with Crippen molar-refractivity contribution in [2.75, 3.05) is 19.0 Å². The van der Waals surface area contributed by atoms with Crippen LogP contribution in [-0.2, 0) is 11.3 Å². The molecule has 0 atom stereocenters. The zero-order chi connectivity index (χ0) is 27.2. The summed E-state index contributed by atoms with van der Waals surface area (Å²) >= 11 is 3.41. The number of aromatic hydroxyl groups is 1. The number of hydrogen-bond acceptors (Lipinski definition) is 5. The molecule has 0 radical (unpaired) electrons. The first kappa shape index (κ1) is 26.4. The Morgan fingerprint density at radius 2 is 1.82 bits per heavy atom. The second-order valence-corrected chi connectivity index (χ2v) is 9.41. The van der Waals surface area contributed by atoms with Crippen molar-refractivity contribution in [3.63, 3.8) is 0 Å². The van der Waals surface area contributed by atoms with Crippen LogP contribution in [0.4, 0.5) is 11.4 Å². The smallest absolute Gasteiger partial charge is 0.311 e. The number of nitrogens with one attached hydrogen (secondary N) is 1. The lowest BCUT2D eigenvalue weighted by atomic mass is 10.1. The SMILES string of the molecule is C#CCn1c(O)c(N=NC(=O)/C(=C/c2ccc(N(C)C)cc2)NC(=O)c2ccccc2)c2cc(Br)ccc21. The average molecular weight is 570 g/mol. The predicted octanol–water partition coefficient (Wildman–Crippen LogP) is 5.89. The fourth-order valence-corrected chi connectivity index (χ4v) is 4.13. The molecule has 2 N–H and O–H groups in total. The number of terminal acetylenes is 1. The van der Waals surface area contributed by atoms with E-state index < -0.39 is 11.8 Å². The van der Waals surface area contributed by atoms with E-state index in [1.165, 1.54) is 10.6 Å². The maximum Gasteiger partial charge on any atom is 0.311 e. The number of rotatable bonds is 7. The Morgan fingerprint density at radius 3 is 2.47 bits per heavy atom. The van der Waals surface area contributed by atoms with E-state index in [-0.39, 0.29) is 23.8 Å². The predicted molar refractivity (Wildman–Crippen MR) is 152 cm³/mol. The largest absolute Gasteiger partial charge is 0.493 e. The molecule has 0 spiro atoms. The molecule has 2 amide bonds. The van der Waals surface area contributed by atoms with Crippen molar-refractivity contribution in [3.8, 4) is 18.2 Å². The topological polar surface area (TPSA) is 99.3 Å². The van der Waals surface area contributed by atoms with E-state index >= 15 is 0 Å². The lowest BCUT2D eigenvalue weighted by Crippen LogP contribution is -2.26. The van der Waals surface area contributed by atoms with Crippen molar-refractivity contribution in [1.82, 2.24) is 9.88 Å². The molecule has 190 valence electrons. The number of fused-ring (bicyclic) bond motifs is 1. The van der Waals surface area contributed by atoms with Crippen LogP contribution < -0.4 is 10.2 Å². The fraction of sp³-hybridized carbons (Fsp3) is 0.103. The zero-order valence-corrected chi connectivity index (χ0v) is 22.3. The number of carbonyl (C=O) groups excluding carboxylic acids is 2. The quantitative estimate of drug-likeness (QED) is 0.165. The number of azo groups is 1. The Balaban J connectivity index is 1.72. The molecule has 4 aromatic rings. The summed E-state index contributed by atoms with van der Waals surface area (Å²) in [7, 11) is 3.85. The summed E-state index contributed by atoms with van der Waals surface area (Å²) in [6.07, 6.45) is 6.99. The van der Waals surface area contributed by atoms with Crippen LogP contribution in [0.5, 0.6) is 5.88 Å². The highest BCUT2D eigenvalue weighted by Crippen LogP contribution is 2.40. The van der Waals surface area contributed by atoms with Gasteiger partial charge in [0, 0.05) is 35.2 Å². The molecular formula is C29H24BrN5O3. The van der Waals surface area contributed by atoms with Gasteiger partial charge in [0.25, 0.3) is 5.91 Å². The Bertz CT molecular complexity index is 1600. The van der Waals surface area contributed by atoms with E-state index in [2.05, 4.69) is 37.4 Å². The van der Waals surface area contributed by atoms with Crippen molar-refractivity contribution in [2.45, 2.75) is 6.54 Å². The Morgan fingerprint density at radius 1 is 1.11 bits per heavy atom. The van der Waals surface area contributed by atoms with E-state index in [9.17, 15) is 14.7 Å². The summed E-state index contributed by atoms with van der Waals surface area (Å²) in [6.45, 7) is 0.106. The molecule has 1 aromatic heterocycles.